The Kier molecular flexibility index (Phi) is 9.79. The first-order valence-electron chi connectivity index (χ1n) is 11.4. The summed E-state index contributed by atoms with van der Waals surface area (Å²) < 4.78 is 5.76. The number of hydrogen-bond acceptors (Lipinski definition) is 5. The van der Waals surface area contributed by atoms with Crippen LogP contribution in [0.2, 0.25) is 0 Å². The highest BCUT2D eigenvalue weighted by Crippen LogP contribution is 2.18. The van der Waals surface area contributed by atoms with Gasteiger partial charge in [-0.15, -0.1) is 0 Å². The Labute approximate surface area is 205 Å². The van der Waals surface area contributed by atoms with Gasteiger partial charge < -0.3 is 20.4 Å². The molecule has 0 fully saturated rings. The lowest BCUT2D eigenvalue weighted by Crippen LogP contribution is -2.54. The number of nitrogens with two attached hydrogens (primary N) is 1. The van der Waals surface area contributed by atoms with Gasteiger partial charge in [0.25, 0.3) is 0 Å². The number of carbonyl (C=O) groups excluding carboxylic acids is 2. The van der Waals surface area contributed by atoms with E-state index in [0.717, 1.165) is 22.6 Å². The quantitative estimate of drug-likeness (QED) is 0.411. The molecule has 0 bridgehead atoms. The molecule has 0 spiro atoms. The van der Waals surface area contributed by atoms with Crippen LogP contribution in [0.15, 0.2) is 77.2 Å². The second kappa shape index (κ2) is 13.0. The molecular weight excluding hydrogens is 446 g/mol. The first kappa shape index (κ1) is 25.6. The molecule has 0 saturated carbocycles. The van der Waals surface area contributed by atoms with E-state index in [9.17, 15) is 9.59 Å². The number of furan rings is 1. The van der Waals surface area contributed by atoms with E-state index < -0.39 is 12.1 Å². The van der Waals surface area contributed by atoms with Crippen molar-refractivity contribution in [3.63, 3.8) is 0 Å². The number of amides is 2. The van der Waals surface area contributed by atoms with Crippen molar-refractivity contribution in [3.8, 4) is 0 Å². The molecular formula is C27H33N3O3S. The standard InChI is InChI=1S/C27H33N3O3S/c1-20-13-14-23(33-20)19-30(27(32)24(28)15-16-34-2)25(17-21-9-5-3-6-10-21)26(31)29-18-22-11-7-4-8-12-22/h3-14,24-25H,15-19,28H2,1-2H3,(H,29,31). The minimum Gasteiger partial charge on any atom is -0.464 e. The van der Waals surface area contributed by atoms with E-state index in [1.165, 1.54) is 0 Å². The fourth-order valence-electron chi connectivity index (χ4n) is 3.75. The highest BCUT2D eigenvalue weighted by atomic mass is 32.2. The van der Waals surface area contributed by atoms with Gasteiger partial charge in [-0.2, -0.15) is 11.8 Å². The molecule has 1 aromatic heterocycles. The molecule has 2 aromatic carbocycles. The molecule has 1 heterocycles. The summed E-state index contributed by atoms with van der Waals surface area (Å²) in [7, 11) is 0. The van der Waals surface area contributed by atoms with Gasteiger partial charge in [-0.05, 0) is 48.6 Å². The Hall–Kier alpha value is -3.03. The monoisotopic (exact) mass is 479 g/mol. The molecule has 0 saturated heterocycles. The average Bonchev–Trinajstić information content (AvgIpc) is 3.28. The molecule has 0 aliphatic carbocycles. The Bertz CT molecular complexity index is 1040. The van der Waals surface area contributed by atoms with Crippen LogP contribution in [-0.4, -0.2) is 40.8 Å². The fraction of sp³-hybridized carbons (Fsp3) is 0.333. The highest BCUT2D eigenvalue weighted by molar-refractivity contribution is 7.98. The van der Waals surface area contributed by atoms with Crippen LogP contribution in [0.25, 0.3) is 0 Å². The van der Waals surface area contributed by atoms with E-state index in [-0.39, 0.29) is 18.4 Å². The van der Waals surface area contributed by atoms with E-state index in [4.69, 9.17) is 10.2 Å². The van der Waals surface area contributed by atoms with Crippen LogP contribution in [-0.2, 0) is 29.1 Å². The Morgan fingerprint density at radius 3 is 2.24 bits per heavy atom. The maximum absolute atomic E-state index is 13.5. The summed E-state index contributed by atoms with van der Waals surface area (Å²) in [6, 6.07) is 21.7. The Morgan fingerprint density at radius 2 is 1.65 bits per heavy atom. The van der Waals surface area contributed by atoms with Gasteiger partial charge in [0.2, 0.25) is 11.8 Å². The summed E-state index contributed by atoms with van der Waals surface area (Å²) in [5.41, 5.74) is 8.25. The lowest BCUT2D eigenvalue weighted by atomic mass is 10.0. The molecule has 0 radical (unpaired) electrons. The largest absolute Gasteiger partial charge is 0.464 e. The van der Waals surface area contributed by atoms with E-state index in [1.54, 1.807) is 16.7 Å². The van der Waals surface area contributed by atoms with E-state index >= 15 is 0 Å². The van der Waals surface area contributed by atoms with Crippen LogP contribution in [0.5, 0.6) is 0 Å². The second-order valence-electron chi connectivity index (χ2n) is 8.28. The highest BCUT2D eigenvalue weighted by Gasteiger charge is 2.33. The topological polar surface area (TPSA) is 88.6 Å². The smallest absolute Gasteiger partial charge is 0.243 e. The number of nitrogens with zero attached hydrogens (tertiary/aromatic N) is 1. The van der Waals surface area contributed by atoms with Gasteiger partial charge in [0.1, 0.15) is 17.6 Å². The maximum Gasteiger partial charge on any atom is 0.243 e. The van der Waals surface area contributed by atoms with E-state index in [1.807, 2.05) is 86.0 Å². The minimum absolute atomic E-state index is 0.176. The fourth-order valence-corrected chi connectivity index (χ4v) is 4.24. The first-order chi connectivity index (χ1) is 16.5. The van der Waals surface area contributed by atoms with Gasteiger partial charge >= 0.3 is 0 Å². The molecule has 180 valence electrons. The summed E-state index contributed by atoms with van der Waals surface area (Å²) in [5.74, 6) is 1.67. The lowest BCUT2D eigenvalue weighted by Gasteiger charge is -2.32. The number of benzene rings is 2. The number of hydrogen-bond donors (Lipinski definition) is 2. The predicted octanol–water partition coefficient (Wildman–Crippen LogP) is 3.92. The molecule has 2 atom stereocenters. The van der Waals surface area contributed by atoms with Gasteiger partial charge in [0, 0.05) is 13.0 Å². The van der Waals surface area contributed by atoms with Crippen molar-refractivity contribution in [1.29, 1.82) is 0 Å². The second-order valence-corrected chi connectivity index (χ2v) is 9.26. The van der Waals surface area contributed by atoms with Crippen LogP contribution in [0.3, 0.4) is 0 Å². The molecule has 6 nitrogen and oxygen atoms in total. The molecule has 3 rings (SSSR count). The number of aryl methyl sites for hydroxylation is 1. The predicted molar refractivity (Wildman–Crippen MR) is 137 cm³/mol. The maximum atomic E-state index is 13.5. The van der Waals surface area contributed by atoms with Crippen LogP contribution < -0.4 is 11.1 Å². The minimum atomic E-state index is -0.732. The Balaban J connectivity index is 1.89. The van der Waals surface area contributed by atoms with Crippen LogP contribution in [0, 0.1) is 6.92 Å². The van der Waals surface area contributed by atoms with Crippen molar-refractivity contribution < 1.29 is 14.0 Å². The number of carbonyl (C=O) groups is 2. The Morgan fingerprint density at radius 1 is 1.00 bits per heavy atom. The third-order valence-electron chi connectivity index (χ3n) is 5.62. The molecule has 3 aromatic rings. The molecule has 0 aliphatic heterocycles. The number of nitrogens with one attached hydrogen (secondary N) is 1. The molecule has 34 heavy (non-hydrogen) atoms. The molecule has 0 aliphatic rings. The van der Waals surface area contributed by atoms with Crippen molar-refractivity contribution in [2.24, 2.45) is 5.73 Å². The average molecular weight is 480 g/mol. The number of rotatable bonds is 12. The van der Waals surface area contributed by atoms with Crippen molar-refractivity contribution in [1.82, 2.24) is 10.2 Å². The third kappa shape index (κ3) is 7.50. The zero-order valence-corrected chi connectivity index (χ0v) is 20.6. The van der Waals surface area contributed by atoms with E-state index in [0.29, 0.717) is 25.1 Å². The van der Waals surface area contributed by atoms with Crippen LogP contribution >= 0.6 is 11.8 Å². The summed E-state index contributed by atoms with van der Waals surface area (Å²) in [6.07, 6.45) is 2.90. The van der Waals surface area contributed by atoms with Crippen LogP contribution in [0.1, 0.15) is 29.1 Å². The van der Waals surface area contributed by atoms with Gasteiger partial charge in [-0.3, -0.25) is 9.59 Å². The van der Waals surface area contributed by atoms with Crippen molar-refractivity contribution in [2.75, 3.05) is 12.0 Å². The first-order valence-corrected chi connectivity index (χ1v) is 12.8. The molecule has 7 heteroatoms. The summed E-state index contributed by atoms with van der Waals surface area (Å²) >= 11 is 1.64. The molecule has 2 amide bonds. The molecule has 3 N–H and O–H groups in total. The zero-order chi connectivity index (χ0) is 24.3. The van der Waals surface area contributed by atoms with Gasteiger partial charge in [0.15, 0.2) is 0 Å². The van der Waals surface area contributed by atoms with Crippen molar-refractivity contribution in [2.45, 2.75) is 44.9 Å². The van der Waals surface area contributed by atoms with Gasteiger partial charge in [-0.25, -0.2) is 0 Å². The lowest BCUT2D eigenvalue weighted by molar-refractivity contribution is -0.142. The number of thioether (sulfide) groups is 1. The SMILES string of the molecule is CSCCC(N)C(=O)N(Cc1ccc(C)o1)C(Cc1ccccc1)C(=O)NCc1ccccc1. The van der Waals surface area contributed by atoms with Crippen molar-refractivity contribution >= 4 is 23.6 Å². The van der Waals surface area contributed by atoms with Crippen LogP contribution in [0.4, 0.5) is 0 Å². The summed E-state index contributed by atoms with van der Waals surface area (Å²) in [5, 5.41) is 3.02. The van der Waals surface area contributed by atoms with E-state index in [2.05, 4.69) is 5.32 Å². The normalized spacial score (nSPS) is 12.7. The zero-order valence-electron chi connectivity index (χ0n) is 19.8. The van der Waals surface area contributed by atoms with Gasteiger partial charge in [-0.1, -0.05) is 60.7 Å². The summed E-state index contributed by atoms with van der Waals surface area (Å²) in [6.45, 7) is 2.41. The molecule has 2 unspecified atom stereocenters. The third-order valence-corrected chi connectivity index (χ3v) is 6.26. The van der Waals surface area contributed by atoms with Crippen molar-refractivity contribution in [3.05, 3.63) is 95.4 Å². The summed E-state index contributed by atoms with van der Waals surface area (Å²) in [4.78, 5) is 28.6. The van der Waals surface area contributed by atoms with Gasteiger partial charge in [0.05, 0.1) is 12.6 Å².